The molecule has 10 aromatic rings. The Hall–Kier alpha value is -14.8. The van der Waals surface area contributed by atoms with Gasteiger partial charge in [-0.1, -0.05) is 30.3 Å². The van der Waals surface area contributed by atoms with E-state index in [1.54, 1.807) is 73.3 Å². The molecule has 0 bridgehead atoms. The number of amides is 4. The average Bonchev–Trinajstić information content (AvgIpc) is 1.65. The van der Waals surface area contributed by atoms with Gasteiger partial charge in [0.25, 0.3) is 23.5 Å². The topological polar surface area (TPSA) is 433 Å². The Morgan fingerprint density at radius 3 is 1.02 bits per heavy atom. The van der Waals surface area contributed by atoms with Gasteiger partial charge in [0.15, 0.2) is 76.5 Å². The first-order chi connectivity index (χ1) is 64.9. The Labute approximate surface area is 774 Å². The minimum absolute atomic E-state index is 0.000978. The van der Waals surface area contributed by atoms with E-state index >= 15 is 0 Å². The number of ether oxygens (including phenoxy) is 9. The number of hydrogen-bond acceptors (Lipinski definition) is 27. The zero-order valence-corrected chi connectivity index (χ0v) is 75.2. The number of halogens is 5. The van der Waals surface area contributed by atoms with Crippen molar-refractivity contribution in [1.82, 2.24) is 14.7 Å². The molecule has 6 aliphatic rings. The summed E-state index contributed by atoms with van der Waals surface area (Å²) in [4.78, 5) is 137. The first-order valence-electron chi connectivity index (χ1n) is 42.6. The Kier molecular flexibility index (Phi) is 33.1. The van der Waals surface area contributed by atoms with Crippen LogP contribution in [-0.2, 0) is 98.7 Å². The molecule has 0 aliphatic carbocycles. The van der Waals surface area contributed by atoms with Gasteiger partial charge < -0.3 is 100 Å². The van der Waals surface area contributed by atoms with Crippen LogP contribution in [0.5, 0.6) is 0 Å². The second-order valence-corrected chi connectivity index (χ2v) is 32.1. The number of rotatable bonds is 30. The number of benzene rings is 5. The molecule has 16 rings (SSSR count). The number of carboxylic acids is 1. The molecule has 0 unspecified atom stereocenters. The standard InChI is InChI=1S/C23H24FNO6.C21H20FNO6.C20H19FN2O5.C19H17FO7.C16H15FO4/c1-13(2)25-12-18(21(28-3)22(25)27)20(26)19-7-6-16(31-19)10-14-4-5-15(24)11-17(14)23-29-8-9-30-23;1-11(2)23-10-16(19(28-3)20(23)25)18(24)17-7-6-14(29-17)8-12-4-5-13(22)9-15(12)21(26)27;1-10(2)23-9-15(18(25)20(23)27)17(24)16-6-5-13(28-16)7-11-3-4-12(21)8-14(11)19(22)26;1-24-18(23)16(22)10-15(21)17-5-4-13(27-17)8-11-2-3-12(20)9-14(11)19-25-6-7-26-19;1-10(18)15-5-4-13(21-15)8-11-2-3-12(17)9-14(11)16-19-6-7-20-16/h4-7,11,13,23H,8-10,12H2,1-3H3;4-7,9,11H,8,10H2,1-3H3,(H,26,27);3-6,8,10,25H,7,9H2,1-2H3,(H2,22,26);2-5,9-10,19,21H,6-8H2,1H3;2-5,9,16H,6-8H2,1H3. The van der Waals surface area contributed by atoms with Crippen molar-refractivity contribution in [1.29, 1.82) is 0 Å². The third kappa shape index (κ3) is 24.2. The highest BCUT2D eigenvalue weighted by Gasteiger charge is 2.41. The number of nitrogens with zero attached hydrogens (tertiary/aromatic N) is 3. The molecule has 0 radical (unpaired) electrons. The van der Waals surface area contributed by atoms with Gasteiger partial charge in [0, 0.05) is 85.5 Å². The minimum atomic E-state index is -1.25. The van der Waals surface area contributed by atoms with Crippen molar-refractivity contribution in [3.05, 3.63) is 334 Å². The van der Waals surface area contributed by atoms with Crippen molar-refractivity contribution in [3.63, 3.8) is 0 Å². The molecule has 3 saturated heterocycles. The summed E-state index contributed by atoms with van der Waals surface area (Å²) in [6.45, 7) is 15.5. The van der Waals surface area contributed by atoms with Gasteiger partial charge in [-0.25, -0.2) is 31.5 Å². The Bertz CT molecular complexity index is 6340. The maximum absolute atomic E-state index is 13.8. The van der Waals surface area contributed by atoms with E-state index in [2.05, 4.69) is 4.74 Å². The number of primary amides is 1. The lowest BCUT2D eigenvalue weighted by atomic mass is 10.0. The van der Waals surface area contributed by atoms with E-state index in [1.807, 2.05) is 27.7 Å². The van der Waals surface area contributed by atoms with Gasteiger partial charge in [-0.2, -0.15) is 0 Å². The zero-order valence-electron chi connectivity index (χ0n) is 75.2. The van der Waals surface area contributed by atoms with Crippen LogP contribution in [0.1, 0.15) is 209 Å². The number of aromatic carboxylic acids is 1. The second kappa shape index (κ2) is 44.8. The van der Waals surface area contributed by atoms with Gasteiger partial charge in [0.05, 0.1) is 103 Å². The molecule has 5 N–H and O–H groups in total. The van der Waals surface area contributed by atoms with E-state index in [0.717, 1.165) is 48.1 Å². The fraction of sp³-hybridized carbons (Fsp3) is 0.303. The quantitative estimate of drug-likeness (QED) is 0.00811. The summed E-state index contributed by atoms with van der Waals surface area (Å²) in [5, 5.41) is 29.2. The number of aliphatic hydroxyl groups is 2. The molecular weight excluding hydrogens is 1790 g/mol. The second-order valence-electron chi connectivity index (χ2n) is 32.1. The Morgan fingerprint density at radius 2 is 0.699 bits per heavy atom. The number of nitrogens with two attached hydrogens (primary N) is 1. The van der Waals surface area contributed by atoms with Gasteiger partial charge >= 0.3 is 11.9 Å². The molecule has 714 valence electrons. The van der Waals surface area contributed by atoms with Crippen molar-refractivity contribution >= 4 is 70.2 Å². The Morgan fingerprint density at radius 1 is 0.404 bits per heavy atom. The van der Waals surface area contributed by atoms with Crippen LogP contribution in [0.25, 0.3) is 5.76 Å². The van der Waals surface area contributed by atoms with E-state index in [0.29, 0.717) is 115 Å². The lowest BCUT2D eigenvalue weighted by Crippen LogP contribution is -2.34. The predicted octanol–water partition coefficient (Wildman–Crippen LogP) is 14.7. The van der Waals surface area contributed by atoms with Gasteiger partial charge in [-0.3, -0.25) is 43.2 Å². The summed E-state index contributed by atoms with van der Waals surface area (Å²) < 4.78 is 143. The molecule has 3 fully saturated rings. The smallest absolute Gasteiger partial charge is 0.378 e. The lowest BCUT2D eigenvalue weighted by Gasteiger charge is -2.20. The lowest BCUT2D eigenvalue weighted by molar-refractivity contribution is -0.149. The number of esters is 1. The van der Waals surface area contributed by atoms with Crippen LogP contribution in [0.3, 0.4) is 0 Å². The normalized spacial score (nSPS) is 15.3. The van der Waals surface area contributed by atoms with Crippen LogP contribution in [0.15, 0.2) is 214 Å². The summed E-state index contributed by atoms with van der Waals surface area (Å²) in [7, 11) is 3.77. The monoisotopic (exact) mass is 1880 g/mol. The summed E-state index contributed by atoms with van der Waals surface area (Å²) in [6.07, 6.45) is 0.174. The van der Waals surface area contributed by atoms with E-state index in [-0.39, 0.29) is 154 Å². The van der Waals surface area contributed by atoms with Gasteiger partial charge in [-0.05, 0) is 191 Å². The molecule has 11 heterocycles. The number of hydrogen-bond donors (Lipinski definition) is 4. The van der Waals surface area contributed by atoms with Gasteiger partial charge in [-0.15, -0.1) is 0 Å². The van der Waals surface area contributed by atoms with E-state index in [1.165, 1.54) is 110 Å². The fourth-order valence-corrected chi connectivity index (χ4v) is 15.0. The number of furan rings is 5. The van der Waals surface area contributed by atoms with Crippen LogP contribution in [0.2, 0.25) is 0 Å². The molecule has 0 saturated carbocycles. The van der Waals surface area contributed by atoms with E-state index < -0.39 is 88.9 Å². The third-order valence-electron chi connectivity index (χ3n) is 21.9. The molecule has 0 atom stereocenters. The molecular formula is C99H95F5N4O28. The highest BCUT2D eigenvalue weighted by Crippen LogP contribution is 2.36. The largest absolute Gasteiger partial charge is 0.504 e. The number of Topliss-reactive ketones (excluding diaryl/α,β-unsaturated/α-hetero) is 4. The molecule has 0 spiro atoms. The summed E-state index contributed by atoms with van der Waals surface area (Å²) in [5.74, 6) is -7.61. The molecule has 6 aliphatic heterocycles. The Balaban J connectivity index is 0.000000153. The summed E-state index contributed by atoms with van der Waals surface area (Å²) in [6, 6.07) is 35.7. The van der Waals surface area contributed by atoms with Crippen LogP contribution < -0.4 is 5.73 Å². The van der Waals surface area contributed by atoms with Crippen LogP contribution in [0.4, 0.5) is 22.0 Å². The maximum atomic E-state index is 13.8. The molecule has 5 aromatic carbocycles. The van der Waals surface area contributed by atoms with Gasteiger partial charge in [0.1, 0.15) is 57.9 Å². The first-order valence-corrected chi connectivity index (χ1v) is 42.6. The fourth-order valence-electron chi connectivity index (χ4n) is 15.0. The minimum Gasteiger partial charge on any atom is -0.504 e. The van der Waals surface area contributed by atoms with Crippen molar-refractivity contribution < 1.29 is 155 Å². The van der Waals surface area contributed by atoms with Gasteiger partial charge in [0.2, 0.25) is 23.3 Å². The first kappa shape index (κ1) is 100. The number of ketones is 5. The maximum Gasteiger partial charge on any atom is 0.378 e. The van der Waals surface area contributed by atoms with Crippen molar-refractivity contribution in [2.24, 2.45) is 5.73 Å². The highest BCUT2D eigenvalue weighted by atomic mass is 19.1. The number of aliphatic hydroxyl groups excluding tert-OH is 2. The molecule has 4 amide bonds. The molecule has 5 aromatic heterocycles. The highest BCUT2D eigenvalue weighted by molar-refractivity contribution is 6.39. The van der Waals surface area contributed by atoms with Crippen molar-refractivity contribution in [2.45, 2.75) is 118 Å². The summed E-state index contributed by atoms with van der Waals surface area (Å²) in [5.41, 5.74) is 10.6. The van der Waals surface area contributed by atoms with E-state index in [4.69, 9.17) is 65.7 Å². The number of carboxylic acid groups (broad SMARTS) is 1. The summed E-state index contributed by atoms with van der Waals surface area (Å²) >= 11 is 0. The molecule has 37 heteroatoms. The zero-order chi connectivity index (χ0) is 98.2. The van der Waals surface area contributed by atoms with Crippen LogP contribution >= 0.6 is 0 Å². The van der Waals surface area contributed by atoms with Crippen LogP contribution in [0, 0.1) is 29.1 Å². The number of carbonyl (C=O) groups excluding carboxylic acids is 10. The molecule has 136 heavy (non-hydrogen) atoms. The van der Waals surface area contributed by atoms with Crippen molar-refractivity contribution in [2.75, 3.05) is 80.6 Å². The predicted molar refractivity (Wildman–Crippen MR) is 468 cm³/mol. The number of carbonyl (C=O) groups is 11. The van der Waals surface area contributed by atoms with Crippen molar-refractivity contribution in [3.8, 4) is 0 Å². The SMILES string of the molecule is CC(=O)c1ccc(Cc2ccc(F)cc2C2OCCO2)o1.CC(C)N1CC(C(=O)c2ccc(Cc3ccc(F)cc3C(N)=O)o2)=C(O)C1=O.COC(=O)C(=O)C=C(O)c1ccc(Cc2ccc(F)cc2C2OCCO2)o1.COC1=C(C(=O)c2ccc(Cc3ccc(F)cc3C(=O)O)o2)CN(C(C)C)C1=O.COC1=C(C(=O)c2ccc(Cc3ccc(F)cc3C3OCCO3)o2)CN(C(C)C)C1=O. The number of methoxy groups -OCH3 is 3. The van der Waals surface area contributed by atoms with Crippen LogP contribution in [-0.4, -0.2) is 193 Å². The third-order valence-corrected chi connectivity index (χ3v) is 21.9. The average molecular weight is 1880 g/mol. The molecule has 32 nitrogen and oxygen atoms in total. The van der Waals surface area contributed by atoms with E-state index in [9.17, 15) is 90.0 Å².